The zero-order valence-electron chi connectivity index (χ0n) is 9.55. The van der Waals surface area contributed by atoms with Crippen molar-refractivity contribution in [1.29, 1.82) is 0 Å². The van der Waals surface area contributed by atoms with E-state index in [1.807, 2.05) is 0 Å². The highest BCUT2D eigenvalue weighted by molar-refractivity contribution is 7.89. The van der Waals surface area contributed by atoms with Crippen molar-refractivity contribution in [3.05, 3.63) is 29.8 Å². The van der Waals surface area contributed by atoms with E-state index in [-0.39, 0.29) is 18.0 Å². The summed E-state index contributed by atoms with van der Waals surface area (Å²) in [6.45, 7) is 0.163. The van der Waals surface area contributed by atoms with E-state index in [2.05, 4.69) is 0 Å². The Morgan fingerprint density at radius 1 is 1.42 bits per heavy atom. The fourth-order valence-electron chi connectivity index (χ4n) is 1.66. The maximum atomic E-state index is 12.5. The van der Waals surface area contributed by atoms with Crippen molar-refractivity contribution in [2.75, 3.05) is 13.1 Å². The number of aliphatic carboxylic acids is 1. The topological polar surface area (TPSA) is 63.6 Å². The maximum Gasteiger partial charge on any atom is 0.416 e. The Kier molecular flexibility index (Phi) is 3.75. The normalized spacial score (nSPS) is 18.9. The van der Waals surface area contributed by atoms with E-state index in [9.17, 15) is 22.5 Å². The molecule has 0 aliphatic carbocycles. The first-order valence-corrected chi connectivity index (χ1v) is 6.46. The summed E-state index contributed by atoms with van der Waals surface area (Å²) in [6.07, 6.45) is -4.49. The molecule has 4 nitrogen and oxygen atoms in total. The summed E-state index contributed by atoms with van der Waals surface area (Å²) in [4.78, 5) is 10.6. The van der Waals surface area contributed by atoms with Crippen molar-refractivity contribution in [3.8, 4) is 0 Å². The van der Waals surface area contributed by atoms with Crippen LogP contribution in [0.25, 0.3) is 0 Å². The fourth-order valence-corrected chi connectivity index (χ4v) is 3.01. The number of halogens is 3. The van der Waals surface area contributed by atoms with Gasteiger partial charge in [-0.25, -0.2) is 0 Å². The molecule has 1 fully saturated rings. The van der Waals surface area contributed by atoms with Crippen LogP contribution in [0.4, 0.5) is 13.2 Å². The van der Waals surface area contributed by atoms with Gasteiger partial charge >= 0.3 is 12.1 Å². The van der Waals surface area contributed by atoms with Gasteiger partial charge in [0.2, 0.25) is 0 Å². The molecule has 0 amide bonds. The number of carbonyl (C=O) groups is 1. The van der Waals surface area contributed by atoms with Crippen molar-refractivity contribution < 1.29 is 27.6 Å². The van der Waals surface area contributed by atoms with Crippen molar-refractivity contribution in [2.45, 2.75) is 11.1 Å². The molecule has 1 aliphatic heterocycles. The van der Waals surface area contributed by atoms with E-state index in [1.54, 1.807) is 0 Å². The van der Waals surface area contributed by atoms with Gasteiger partial charge in [-0.3, -0.25) is 4.79 Å². The summed E-state index contributed by atoms with van der Waals surface area (Å²) < 4.78 is 50.8. The van der Waals surface area contributed by atoms with Gasteiger partial charge in [-0.1, -0.05) is 6.07 Å². The highest BCUT2D eigenvalue weighted by atomic mass is 32.2. The molecule has 1 heterocycles. The van der Waals surface area contributed by atoms with Crippen LogP contribution in [0.1, 0.15) is 5.56 Å². The minimum absolute atomic E-state index is 0.0265. The average Bonchev–Trinajstić information content (AvgIpc) is 2.25. The molecule has 1 unspecified atom stereocenters. The molecular formula is C11H10F3NO3S. The molecule has 1 aromatic rings. The molecule has 1 atom stereocenters. The second-order valence-corrected chi connectivity index (χ2v) is 5.64. The first-order chi connectivity index (χ1) is 8.79. The highest BCUT2D eigenvalue weighted by Gasteiger charge is 2.41. The largest absolute Gasteiger partial charge is 0.593 e. The third-order valence-corrected chi connectivity index (χ3v) is 4.22. The molecule has 19 heavy (non-hydrogen) atoms. The number of carboxylic acid groups (broad SMARTS) is 1. The monoisotopic (exact) mass is 293 g/mol. The molecule has 0 saturated carbocycles. The maximum absolute atomic E-state index is 12.5. The van der Waals surface area contributed by atoms with Gasteiger partial charge in [-0.15, -0.1) is 4.31 Å². The van der Waals surface area contributed by atoms with Crippen LogP contribution >= 0.6 is 0 Å². The van der Waals surface area contributed by atoms with Gasteiger partial charge < -0.3 is 9.66 Å². The van der Waals surface area contributed by atoms with Gasteiger partial charge in [-0.2, -0.15) is 13.2 Å². The summed E-state index contributed by atoms with van der Waals surface area (Å²) in [6, 6.07) is 4.24. The van der Waals surface area contributed by atoms with Crippen molar-refractivity contribution in [3.63, 3.8) is 0 Å². The lowest BCUT2D eigenvalue weighted by molar-refractivity contribution is -0.145. The van der Waals surface area contributed by atoms with Gasteiger partial charge in [-0.05, 0) is 12.1 Å². The molecule has 1 aromatic carbocycles. The summed E-state index contributed by atoms with van der Waals surface area (Å²) in [5.41, 5.74) is -0.867. The van der Waals surface area contributed by atoms with Crippen LogP contribution < -0.4 is 0 Å². The van der Waals surface area contributed by atoms with Crippen LogP contribution in [0.5, 0.6) is 0 Å². The van der Waals surface area contributed by atoms with Gasteiger partial charge in [0, 0.05) is 6.07 Å². The summed E-state index contributed by atoms with van der Waals surface area (Å²) in [7, 11) is 0. The molecule has 0 radical (unpaired) electrons. The van der Waals surface area contributed by atoms with E-state index in [0.717, 1.165) is 12.1 Å². The van der Waals surface area contributed by atoms with Crippen LogP contribution in [0.2, 0.25) is 0 Å². The second kappa shape index (κ2) is 5.03. The van der Waals surface area contributed by atoms with E-state index >= 15 is 0 Å². The molecule has 0 spiro atoms. The van der Waals surface area contributed by atoms with E-state index < -0.39 is 35.0 Å². The standard InChI is InChI=1S/C11H10F3NO3S/c12-11(13,14)8-2-1-3-9(4-8)19(18)15-5-7(6-15)10(16)17/h1-4,7H,5-6H2,(H,16,17). The Bertz CT molecular complexity index is 488. The van der Waals surface area contributed by atoms with Gasteiger partial charge in [0.15, 0.2) is 4.90 Å². The molecular weight excluding hydrogens is 283 g/mol. The number of alkyl halides is 3. The van der Waals surface area contributed by atoms with Crippen LogP contribution in [0.3, 0.4) is 0 Å². The number of nitrogens with zero attached hydrogens (tertiary/aromatic N) is 1. The summed E-state index contributed by atoms with van der Waals surface area (Å²) in [5.74, 6) is -1.59. The van der Waals surface area contributed by atoms with Crippen molar-refractivity contribution >= 4 is 17.3 Å². The van der Waals surface area contributed by atoms with E-state index in [4.69, 9.17) is 5.11 Å². The van der Waals surface area contributed by atoms with Gasteiger partial charge in [0.05, 0.1) is 35.9 Å². The molecule has 104 valence electrons. The third-order valence-electron chi connectivity index (χ3n) is 2.79. The Morgan fingerprint density at radius 3 is 2.58 bits per heavy atom. The fraction of sp³-hybridized carbons (Fsp3) is 0.364. The zero-order chi connectivity index (χ0) is 14.2. The molecule has 1 N–H and O–H groups in total. The third kappa shape index (κ3) is 3.02. The van der Waals surface area contributed by atoms with E-state index in [0.29, 0.717) is 0 Å². The molecule has 0 aromatic heterocycles. The predicted octanol–water partition coefficient (Wildman–Crippen LogP) is 1.74. The Balaban J connectivity index is 2.09. The van der Waals surface area contributed by atoms with Crippen molar-refractivity contribution in [2.24, 2.45) is 5.92 Å². The Morgan fingerprint density at radius 2 is 2.05 bits per heavy atom. The number of rotatable bonds is 3. The summed E-state index contributed by atoms with van der Waals surface area (Å²) >= 11 is -1.75. The van der Waals surface area contributed by atoms with Crippen LogP contribution in [-0.2, 0) is 22.3 Å². The first-order valence-electron chi connectivity index (χ1n) is 5.36. The first kappa shape index (κ1) is 14.2. The van der Waals surface area contributed by atoms with E-state index in [1.165, 1.54) is 16.4 Å². The van der Waals surface area contributed by atoms with Gasteiger partial charge in [0.25, 0.3) is 0 Å². The predicted molar refractivity (Wildman–Crippen MR) is 60.6 cm³/mol. The SMILES string of the molecule is O=C(O)C1CN([S+]([O-])c2cccc(C(F)(F)F)c2)C1. The molecule has 2 rings (SSSR count). The minimum Gasteiger partial charge on any atom is -0.593 e. The zero-order valence-corrected chi connectivity index (χ0v) is 10.4. The molecule has 0 bridgehead atoms. The average molecular weight is 293 g/mol. The molecule has 1 aliphatic rings. The number of hydrogen-bond donors (Lipinski definition) is 1. The van der Waals surface area contributed by atoms with Crippen LogP contribution in [-0.4, -0.2) is 33.0 Å². The van der Waals surface area contributed by atoms with Crippen molar-refractivity contribution in [1.82, 2.24) is 4.31 Å². The lowest BCUT2D eigenvalue weighted by Gasteiger charge is -2.35. The smallest absolute Gasteiger partial charge is 0.416 e. The van der Waals surface area contributed by atoms with Gasteiger partial charge in [0.1, 0.15) is 0 Å². The van der Waals surface area contributed by atoms with Crippen LogP contribution in [0.15, 0.2) is 29.2 Å². The number of hydrogen-bond acceptors (Lipinski definition) is 3. The lowest BCUT2D eigenvalue weighted by Crippen LogP contribution is -2.52. The number of carboxylic acids is 1. The Labute approximate surface area is 110 Å². The van der Waals surface area contributed by atoms with Crippen LogP contribution in [0, 0.1) is 5.92 Å². The molecule has 1 saturated heterocycles. The minimum atomic E-state index is -4.49. The molecule has 8 heteroatoms. The highest BCUT2D eigenvalue weighted by Crippen LogP contribution is 2.32. The second-order valence-electron chi connectivity index (χ2n) is 4.16. The quantitative estimate of drug-likeness (QED) is 0.862. The summed E-state index contributed by atoms with van der Waals surface area (Å²) in [5, 5.41) is 8.68. The number of benzene rings is 1. The lowest BCUT2D eigenvalue weighted by atomic mass is 10.0. The Hall–Kier alpha value is -1.25.